The lowest BCUT2D eigenvalue weighted by atomic mass is 10.2. The van der Waals surface area contributed by atoms with Crippen LogP contribution in [-0.4, -0.2) is 49.6 Å². The summed E-state index contributed by atoms with van der Waals surface area (Å²) in [5.74, 6) is -0.655. The highest BCUT2D eigenvalue weighted by molar-refractivity contribution is 7.89. The normalized spacial score (nSPS) is 23.8. The second-order valence-electron chi connectivity index (χ2n) is 4.82. The second-order valence-corrected chi connectivity index (χ2v) is 6.71. The van der Waals surface area contributed by atoms with E-state index < -0.39 is 28.1 Å². The molecule has 0 aliphatic carbocycles. The first-order chi connectivity index (χ1) is 9.36. The average molecular weight is 299 g/mol. The standard InChI is InChI=1S/C13H17NO5S/c1-9-3-5-11(6-4-9)20(17,18)14-8-10(15)7-12(14)13(16)19-2/h3-6,10,12,15H,7-8H2,1-2H3/t10-,12-/m1/s1. The van der Waals surface area contributed by atoms with E-state index >= 15 is 0 Å². The van der Waals surface area contributed by atoms with Gasteiger partial charge < -0.3 is 9.84 Å². The van der Waals surface area contributed by atoms with Crippen LogP contribution in [0.3, 0.4) is 0 Å². The Bertz CT molecular complexity index is 596. The Morgan fingerprint density at radius 3 is 2.50 bits per heavy atom. The van der Waals surface area contributed by atoms with Crippen LogP contribution < -0.4 is 0 Å². The summed E-state index contributed by atoms with van der Waals surface area (Å²) in [7, 11) is -2.62. The van der Waals surface area contributed by atoms with Crippen molar-refractivity contribution in [1.29, 1.82) is 0 Å². The molecular weight excluding hydrogens is 282 g/mol. The number of sulfonamides is 1. The predicted molar refractivity (Wildman–Crippen MR) is 71.5 cm³/mol. The number of aryl methyl sites for hydroxylation is 1. The van der Waals surface area contributed by atoms with Gasteiger partial charge in [-0.3, -0.25) is 4.79 Å². The number of aliphatic hydroxyl groups is 1. The maximum Gasteiger partial charge on any atom is 0.324 e. The molecule has 0 aromatic heterocycles. The summed E-state index contributed by atoms with van der Waals surface area (Å²) in [6.07, 6.45) is -0.808. The molecule has 0 amide bonds. The van der Waals surface area contributed by atoms with Gasteiger partial charge >= 0.3 is 5.97 Å². The fraction of sp³-hybridized carbons (Fsp3) is 0.462. The van der Waals surface area contributed by atoms with Crippen LogP contribution in [0.25, 0.3) is 0 Å². The lowest BCUT2D eigenvalue weighted by Crippen LogP contribution is -2.41. The summed E-state index contributed by atoms with van der Waals surface area (Å²) in [4.78, 5) is 11.8. The predicted octanol–water partition coefficient (Wildman–Crippen LogP) is 0.292. The number of hydrogen-bond acceptors (Lipinski definition) is 5. The van der Waals surface area contributed by atoms with Crippen molar-refractivity contribution in [1.82, 2.24) is 4.31 Å². The van der Waals surface area contributed by atoms with Crippen molar-refractivity contribution in [2.24, 2.45) is 0 Å². The van der Waals surface area contributed by atoms with Crippen LogP contribution in [0, 0.1) is 6.92 Å². The van der Waals surface area contributed by atoms with E-state index in [4.69, 9.17) is 0 Å². The van der Waals surface area contributed by atoms with Gasteiger partial charge in [0, 0.05) is 13.0 Å². The van der Waals surface area contributed by atoms with Crippen LogP contribution in [0.2, 0.25) is 0 Å². The molecular formula is C13H17NO5S. The Morgan fingerprint density at radius 2 is 1.95 bits per heavy atom. The molecule has 7 heteroatoms. The number of hydrogen-bond donors (Lipinski definition) is 1. The Morgan fingerprint density at radius 1 is 1.35 bits per heavy atom. The third-order valence-electron chi connectivity index (χ3n) is 3.33. The first kappa shape index (κ1) is 15.0. The number of nitrogens with zero attached hydrogens (tertiary/aromatic N) is 1. The van der Waals surface area contributed by atoms with E-state index in [2.05, 4.69) is 4.74 Å². The number of carbonyl (C=O) groups is 1. The molecule has 1 aromatic rings. The number of β-amino-alcohol motifs (C(OH)–C–C–N with tert-alkyl or cyclic N) is 1. The van der Waals surface area contributed by atoms with Gasteiger partial charge in [0.05, 0.1) is 18.1 Å². The van der Waals surface area contributed by atoms with Crippen molar-refractivity contribution in [2.75, 3.05) is 13.7 Å². The summed E-state index contributed by atoms with van der Waals surface area (Å²) in [5.41, 5.74) is 0.940. The summed E-state index contributed by atoms with van der Waals surface area (Å²) in [5, 5.41) is 9.65. The molecule has 1 heterocycles. The molecule has 20 heavy (non-hydrogen) atoms. The van der Waals surface area contributed by atoms with Gasteiger partial charge in [0.1, 0.15) is 6.04 Å². The maximum absolute atomic E-state index is 12.5. The molecule has 0 spiro atoms. The molecule has 1 aromatic carbocycles. The third kappa shape index (κ3) is 2.70. The molecule has 0 radical (unpaired) electrons. The number of methoxy groups -OCH3 is 1. The van der Waals surface area contributed by atoms with Crippen LogP contribution in [-0.2, 0) is 19.6 Å². The topological polar surface area (TPSA) is 83.9 Å². The lowest BCUT2D eigenvalue weighted by molar-refractivity contribution is -0.144. The van der Waals surface area contributed by atoms with Gasteiger partial charge in [-0.1, -0.05) is 17.7 Å². The monoisotopic (exact) mass is 299 g/mol. The molecule has 2 rings (SSSR count). The smallest absolute Gasteiger partial charge is 0.324 e. The Kier molecular flexibility index (Phi) is 4.12. The molecule has 0 bridgehead atoms. The first-order valence-electron chi connectivity index (χ1n) is 6.20. The maximum atomic E-state index is 12.5. The van der Waals surface area contributed by atoms with E-state index in [1.165, 1.54) is 19.2 Å². The SMILES string of the molecule is COC(=O)[C@H]1C[C@@H](O)CN1S(=O)(=O)c1ccc(C)cc1. The zero-order valence-corrected chi connectivity index (χ0v) is 12.1. The first-order valence-corrected chi connectivity index (χ1v) is 7.64. The minimum absolute atomic E-state index is 0.0533. The zero-order valence-electron chi connectivity index (χ0n) is 11.3. The van der Waals surface area contributed by atoms with Crippen LogP contribution >= 0.6 is 0 Å². The Balaban J connectivity index is 2.37. The van der Waals surface area contributed by atoms with Crippen LogP contribution in [0.5, 0.6) is 0 Å². The second kappa shape index (κ2) is 5.51. The van der Waals surface area contributed by atoms with Crippen LogP contribution in [0.15, 0.2) is 29.2 Å². The summed E-state index contributed by atoms with van der Waals surface area (Å²) in [6.45, 7) is 1.75. The number of aliphatic hydroxyl groups excluding tert-OH is 1. The van der Waals surface area contributed by atoms with Crippen molar-refractivity contribution in [3.63, 3.8) is 0 Å². The van der Waals surface area contributed by atoms with Crippen molar-refractivity contribution < 1.29 is 23.1 Å². The van der Waals surface area contributed by atoms with E-state index in [-0.39, 0.29) is 17.9 Å². The Labute approximate surface area is 118 Å². The lowest BCUT2D eigenvalue weighted by Gasteiger charge is -2.21. The van der Waals surface area contributed by atoms with Gasteiger partial charge in [-0.25, -0.2) is 8.42 Å². The van der Waals surface area contributed by atoms with Gasteiger partial charge in [-0.05, 0) is 19.1 Å². The average Bonchev–Trinajstić information content (AvgIpc) is 2.81. The van der Waals surface area contributed by atoms with E-state index in [0.29, 0.717) is 0 Å². The largest absolute Gasteiger partial charge is 0.468 e. The van der Waals surface area contributed by atoms with Gasteiger partial charge in [0.25, 0.3) is 0 Å². The van der Waals surface area contributed by atoms with E-state index in [1.807, 2.05) is 6.92 Å². The van der Waals surface area contributed by atoms with Crippen molar-refractivity contribution >= 4 is 16.0 Å². The summed E-state index contributed by atoms with van der Waals surface area (Å²) < 4.78 is 30.7. The minimum Gasteiger partial charge on any atom is -0.468 e. The molecule has 110 valence electrons. The zero-order chi connectivity index (χ0) is 14.9. The molecule has 0 saturated carbocycles. The van der Waals surface area contributed by atoms with Gasteiger partial charge in [0.15, 0.2) is 0 Å². The van der Waals surface area contributed by atoms with Crippen LogP contribution in [0.4, 0.5) is 0 Å². The fourth-order valence-electron chi connectivity index (χ4n) is 2.25. The quantitative estimate of drug-likeness (QED) is 0.811. The summed E-state index contributed by atoms with van der Waals surface area (Å²) >= 11 is 0. The highest BCUT2D eigenvalue weighted by Gasteiger charge is 2.44. The highest BCUT2D eigenvalue weighted by atomic mass is 32.2. The van der Waals surface area contributed by atoms with Crippen molar-refractivity contribution in [3.8, 4) is 0 Å². The molecule has 1 fully saturated rings. The Hall–Kier alpha value is -1.44. The van der Waals surface area contributed by atoms with E-state index in [9.17, 15) is 18.3 Å². The number of rotatable bonds is 3. The molecule has 6 nitrogen and oxygen atoms in total. The van der Waals surface area contributed by atoms with Gasteiger partial charge in [-0.2, -0.15) is 4.31 Å². The van der Waals surface area contributed by atoms with Crippen molar-refractivity contribution in [3.05, 3.63) is 29.8 Å². The number of benzene rings is 1. The van der Waals surface area contributed by atoms with E-state index in [1.54, 1.807) is 12.1 Å². The molecule has 0 unspecified atom stereocenters. The van der Waals surface area contributed by atoms with Gasteiger partial charge in [-0.15, -0.1) is 0 Å². The molecule has 1 aliphatic heterocycles. The molecule has 2 atom stereocenters. The van der Waals surface area contributed by atoms with Gasteiger partial charge in [0.2, 0.25) is 10.0 Å². The highest BCUT2D eigenvalue weighted by Crippen LogP contribution is 2.27. The molecule has 1 saturated heterocycles. The number of carbonyl (C=O) groups excluding carboxylic acids is 1. The third-order valence-corrected chi connectivity index (χ3v) is 5.22. The van der Waals surface area contributed by atoms with Crippen LogP contribution in [0.1, 0.15) is 12.0 Å². The fourth-order valence-corrected chi connectivity index (χ4v) is 3.87. The minimum atomic E-state index is -3.82. The number of esters is 1. The number of ether oxygens (including phenoxy) is 1. The van der Waals surface area contributed by atoms with Crippen molar-refractivity contribution in [2.45, 2.75) is 30.4 Å². The van der Waals surface area contributed by atoms with E-state index in [0.717, 1.165) is 9.87 Å². The summed E-state index contributed by atoms with van der Waals surface area (Å²) in [6, 6.07) is 5.38. The molecule has 1 aliphatic rings. The molecule has 1 N–H and O–H groups in total.